The zero-order valence-corrected chi connectivity index (χ0v) is 10.0. The molecule has 0 aliphatic rings. The summed E-state index contributed by atoms with van der Waals surface area (Å²) in [5.41, 5.74) is 1.08. The van der Waals surface area contributed by atoms with E-state index < -0.39 is 17.9 Å². The van der Waals surface area contributed by atoms with E-state index in [1.54, 1.807) is 0 Å². The fourth-order valence-corrected chi connectivity index (χ4v) is 1.67. The summed E-state index contributed by atoms with van der Waals surface area (Å²) >= 11 is 0. The molecule has 1 aromatic heterocycles. The Hall–Kier alpha value is -2.63. The zero-order valence-electron chi connectivity index (χ0n) is 10.0. The topological polar surface area (TPSA) is 95.1 Å². The van der Waals surface area contributed by atoms with Crippen LogP contribution in [0.15, 0.2) is 42.6 Å². The van der Waals surface area contributed by atoms with E-state index in [-0.39, 0.29) is 12.1 Å². The maximum atomic E-state index is 11.8. The fraction of sp³-hybridized carbons (Fsp3) is 0.154. The molecule has 0 unspecified atom stereocenters. The molecule has 1 aromatic carbocycles. The number of aliphatic carboxylic acids is 1. The number of amides is 1. The van der Waals surface area contributed by atoms with Gasteiger partial charge in [-0.3, -0.25) is 9.89 Å². The van der Waals surface area contributed by atoms with Crippen molar-refractivity contribution in [2.24, 2.45) is 0 Å². The molecule has 6 nitrogen and oxygen atoms in total. The van der Waals surface area contributed by atoms with Crippen molar-refractivity contribution in [3.05, 3.63) is 53.9 Å². The fourth-order valence-electron chi connectivity index (χ4n) is 1.67. The van der Waals surface area contributed by atoms with E-state index in [1.807, 2.05) is 30.3 Å². The highest BCUT2D eigenvalue weighted by Gasteiger charge is 2.21. The number of H-pyrrole nitrogens is 1. The van der Waals surface area contributed by atoms with Gasteiger partial charge >= 0.3 is 5.97 Å². The average molecular weight is 259 g/mol. The lowest BCUT2D eigenvalue weighted by atomic mass is 10.1. The van der Waals surface area contributed by atoms with Crippen LogP contribution < -0.4 is 5.32 Å². The Morgan fingerprint density at radius 3 is 2.58 bits per heavy atom. The van der Waals surface area contributed by atoms with Crippen molar-refractivity contribution >= 4 is 11.9 Å². The van der Waals surface area contributed by atoms with Crippen LogP contribution in [0.25, 0.3) is 0 Å². The van der Waals surface area contributed by atoms with Crippen LogP contribution in [0.5, 0.6) is 0 Å². The average Bonchev–Trinajstić information content (AvgIpc) is 2.93. The van der Waals surface area contributed by atoms with Crippen LogP contribution in [0.3, 0.4) is 0 Å². The van der Waals surface area contributed by atoms with E-state index in [1.165, 1.54) is 12.3 Å². The van der Waals surface area contributed by atoms with Gasteiger partial charge in [-0.05, 0) is 11.6 Å². The second kappa shape index (κ2) is 5.81. The van der Waals surface area contributed by atoms with Gasteiger partial charge in [-0.15, -0.1) is 0 Å². The molecule has 0 saturated heterocycles. The number of carbonyl (C=O) groups is 2. The number of hydrogen-bond acceptors (Lipinski definition) is 3. The summed E-state index contributed by atoms with van der Waals surface area (Å²) in [5.74, 6) is -1.56. The minimum Gasteiger partial charge on any atom is -0.480 e. The van der Waals surface area contributed by atoms with Crippen molar-refractivity contribution in [2.75, 3.05) is 0 Å². The maximum absolute atomic E-state index is 11.8. The molecule has 2 rings (SSSR count). The number of nitrogens with zero attached hydrogens (tertiary/aromatic N) is 1. The van der Waals surface area contributed by atoms with Gasteiger partial charge in [0, 0.05) is 12.6 Å². The molecule has 0 aliphatic carbocycles. The van der Waals surface area contributed by atoms with Crippen LogP contribution in [-0.4, -0.2) is 33.2 Å². The summed E-state index contributed by atoms with van der Waals surface area (Å²) < 4.78 is 0. The minimum atomic E-state index is -1.07. The monoisotopic (exact) mass is 259 g/mol. The van der Waals surface area contributed by atoms with Gasteiger partial charge in [0.1, 0.15) is 11.7 Å². The summed E-state index contributed by atoms with van der Waals surface area (Å²) in [7, 11) is 0. The van der Waals surface area contributed by atoms with E-state index in [0.717, 1.165) is 5.56 Å². The van der Waals surface area contributed by atoms with Crippen LogP contribution in [0.1, 0.15) is 16.1 Å². The third-order valence-corrected chi connectivity index (χ3v) is 2.63. The molecule has 0 fully saturated rings. The third kappa shape index (κ3) is 3.41. The summed E-state index contributed by atoms with van der Waals surface area (Å²) in [6.45, 7) is 0. The Balaban J connectivity index is 2.05. The summed E-state index contributed by atoms with van der Waals surface area (Å²) in [5, 5.41) is 17.7. The summed E-state index contributed by atoms with van der Waals surface area (Å²) in [4.78, 5) is 22.9. The Morgan fingerprint density at radius 2 is 2.00 bits per heavy atom. The van der Waals surface area contributed by atoms with Crippen LogP contribution >= 0.6 is 0 Å². The maximum Gasteiger partial charge on any atom is 0.326 e. The first-order valence-electron chi connectivity index (χ1n) is 5.74. The molecular formula is C13H13N3O3. The van der Waals surface area contributed by atoms with E-state index in [0.29, 0.717) is 0 Å². The molecule has 6 heteroatoms. The highest BCUT2D eigenvalue weighted by atomic mass is 16.4. The molecule has 0 bridgehead atoms. The number of aromatic nitrogens is 2. The number of hydrogen-bond donors (Lipinski definition) is 3. The Morgan fingerprint density at radius 1 is 1.26 bits per heavy atom. The van der Waals surface area contributed by atoms with Crippen molar-refractivity contribution in [1.29, 1.82) is 0 Å². The lowest BCUT2D eigenvalue weighted by molar-refractivity contribution is -0.139. The van der Waals surface area contributed by atoms with Gasteiger partial charge in [-0.25, -0.2) is 4.79 Å². The minimum absolute atomic E-state index is 0.232. The lowest BCUT2D eigenvalue weighted by Crippen LogP contribution is -2.42. The molecule has 1 atom stereocenters. The Kier molecular flexibility index (Phi) is 3.92. The Bertz CT molecular complexity index is 552. The quantitative estimate of drug-likeness (QED) is 0.741. The first-order valence-corrected chi connectivity index (χ1v) is 5.74. The van der Waals surface area contributed by atoms with Gasteiger partial charge in [0.05, 0.1) is 0 Å². The molecule has 1 amide bonds. The van der Waals surface area contributed by atoms with Gasteiger partial charge in [-0.2, -0.15) is 5.10 Å². The van der Waals surface area contributed by atoms with Crippen LogP contribution in [0, 0.1) is 0 Å². The molecule has 19 heavy (non-hydrogen) atoms. The Labute approximate surface area is 109 Å². The first kappa shape index (κ1) is 12.8. The van der Waals surface area contributed by atoms with Crippen molar-refractivity contribution < 1.29 is 14.7 Å². The molecule has 0 aliphatic heterocycles. The van der Waals surface area contributed by atoms with Crippen molar-refractivity contribution in [2.45, 2.75) is 12.5 Å². The summed E-state index contributed by atoms with van der Waals surface area (Å²) in [6.07, 6.45) is 1.66. The highest BCUT2D eigenvalue weighted by Crippen LogP contribution is 2.04. The van der Waals surface area contributed by atoms with E-state index >= 15 is 0 Å². The molecule has 0 radical (unpaired) electrons. The smallest absolute Gasteiger partial charge is 0.326 e. The van der Waals surface area contributed by atoms with Crippen LogP contribution in [0.2, 0.25) is 0 Å². The molecular weight excluding hydrogens is 246 g/mol. The largest absolute Gasteiger partial charge is 0.480 e. The summed E-state index contributed by atoms with van der Waals surface area (Å²) in [6, 6.07) is 9.64. The SMILES string of the molecule is O=C(N[C@H](Cc1ccccc1)C(=O)O)c1ccn[nH]1. The van der Waals surface area contributed by atoms with Gasteiger partial charge in [0.2, 0.25) is 0 Å². The second-order valence-corrected chi connectivity index (χ2v) is 4.02. The number of benzene rings is 1. The molecule has 98 valence electrons. The number of aromatic amines is 1. The van der Waals surface area contributed by atoms with Crippen LogP contribution in [0.4, 0.5) is 0 Å². The zero-order chi connectivity index (χ0) is 13.7. The number of carbonyl (C=O) groups excluding carboxylic acids is 1. The van der Waals surface area contributed by atoms with Gasteiger partial charge in [0.15, 0.2) is 0 Å². The normalized spacial score (nSPS) is 11.8. The van der Waals surface area contributed by atoms with Crippen molar-refractivity contribution in [1.82, 2.24) is 15.5 Å². The molecule has 0 saturated carbocycles. The predicted octanol–water partition coefficient (Wildman–Crippen LogP) is 0.835. The predicted molar refractivity (Wildman–Crippen MR) is 67.6 cm³/mol. The molecule has 2 aromatic rings. The number of carboxylic acids is 1. The van der Waals surface area contributed by atoms with E-state index in [9.17, 15) is 9.59 Å². The number of rotatable bonds is 5. The van der Waals surface area contributed by atoms with Gasteiger partial charge in [0.25, 0.3) is 5.91 Å². The van der Waals surface area contributed by atoms with Crippen molar-refractivity contribution in [3.63, 3.8) is 0 Å². The van der Waals surface area contributed by atoms with E-state index in [4.69, 9.17) is 5.11 Å². The lowest BCUT2D eigenvalue weighted by Gasteiger charge is -2.13. The first-order chi connectivity index (χ1) is 9.16. The number of nitrogens with one attached hydrogen (secondary N) is 2. The second-order valence-electron chi connectivity index (χ2n) is 4.02. The third-order valence-electron chi connectivity index (χ3n) is 2.63. The van der Waals surface area contributed by atoms with E-state index in [2.05, 4.69) is 15.5 Å². The molecule has 1 heterocycles. The highest BCUT2D eigenvalue weighted by molar-refractivity contribution is 5.94. The molecule has 0 spiro atoms. The number of carboxylic acid groups (broad SMARTS) is 1. The van der Waals surface area contributed by atoms with Gasteiger partial charge in [-0.1, -0.05) is 30.3 Å². The standard InChI is InChI=1S/C13H13N3O3/c17-12(10-6-7-14-16-10)15-11(13(18)19)8-9-4-2-1-3-5-9/h1-7,11H,8H2,(H,14,16)(H,15,17)(H,18,19)/t11-/m1/s1. The molecule has 3 N–H and O–H groups in total. The van der Waals surface area contributed by atoms with Gasteiger partial charge < -0.3 is 10.4 Å². The van der Waals surface area contributed by atoms with Crippen LogP contribution in [-0.2, 0) is 11.2 Å². The van der Waals surface area contributed by atoms with Crippen molar-refractivity contribution in [3.8, 4) is 0 Å².